The molecule has 0 aliphatic carbocycles. The Morgan fingerprint density at radius 1 is 1.26 bits per heavy atom. The maximum atomic E-state index is 14.0. The van der Waals surface area contributed by atoms with E-state index in [0.717, 1.165) is 0 Å². The number of alkyl halides is 2. The number of hydrogen-bond donors (Lipinski definition) is 3. The van der Waals surface area contributed by atoms with Crippen LogP contribution >= 0.6 is 0 Å². The lowest BCUT2D eigenvalue weighted by Gasteiger charge is -2.38. The van der Waals surface area contributed by atoms with Gasteiger partial charge < -0.3 is 15.5 Å². The predicted octanol–water partition coefficient (Wildman–Crippen LogP) is 0.966. The van der Waals surface area contributed by atoms with Crippen LogP contribution in [0.2, 0.25) is 0 Å². The Kier molecular flexibility index (Phi) is 4.34. The fourth-order valence-corrected chi connectivity index (χ4v) is 2.44. The fourth-order valence-electron chi connectivity index (χ4n) is 2.44. The van der Waals surface area contributed by atoms with Crippen molar-refractivity contribution in [2.24, 2.45) is 0 Å². The van der Waals surface area contributed by atoms with Gasteiger partial charge in [-0.05, 0) is 6.07 Å². The molecular formula is C13H18F2N2O2. The van der Waals surface area contributed by atoms with Gasteiger partial charge in [0.1, 0.15) is 18.4 Å². The molecule has 0 amide bonds. The van der Waals surface area contributed by atoms with E-state index in [-0.39, 0.29) is 11.3 Å². The quantitative estimate of drug-likeness (QED) is 0.764. The summed E-state index contributed by atoms with van der Waals surface area (Å²) < 4.78 is 28.1. The van der Waals surface area contributed by atoms with E-state index in [1.54, 1.807) is 17.0 Å². The van der Waals surface area contributed by atoms with Crippen LogP contribution < -0.4 is 5.32 Å². The molecule has 1 atom stereocenters. The lowest BCUT2D eigenvalue weighted by atomic mass is 9.97. The van der Waals surface area contributed by atoms with E-state index in [1.165, 1.54) is 12.1 Å². The zero-order valence-corrected chi connectivity index (χ0v) is 10.5. The first-order valence-corrected chi connectivity index (χ1v) is 6.27. The number of nitrogens with zero attached hydrogens (tertiary/aromatic N) is 1. The number of aromatic hydroxyl groups is 1. The average Bonchev–Trinajstić information content (AvgIpc) is 2.42. The summed E-state index contributed by atoms with van der Waals surface area (Å²) in [5.41, 5.74) is 0.156. The van der Waals surface area contributed by atoms with Gasteiger partial charge in [0.25, 0.3) is 5.92 Å². The van der Waals surface area contributed by atoms with Crippen molar-refractivity contribution in [3.8, 4) is 5.75 Å². The van der Waals surface area contributed by atoms with Crippen molar-refractivity contribution >= 4 is 0 Å². The van der Waals surface area contributed by atoms with Gasteiger partial charge in [-0.1, -0.05) is 18.2 Å². The van der Waals surface area contributed by atoms with E-state index in [2.05, 4.69) is 5.32 Å². The molecule has 0 spiro atoms. The van der Waals surface area contributed by atoms with Crippen molar-refractivity contribution in [2.75, 3.05) is 32.8 Å². The molecule has 1 fully saturated rings. The summed E-state index contributed by atoms with van der Waals surface area (Å²) in [7, 11) is 0. The monoisotopic (exact) mass is 272 g/mol. The minimum absolute atomic E-state index is 0.156. The number of halogens is 2. The lowest BCUT2D eigenvalue weighted by molar-refractivity contribution is -0.119. The summed E-state index contributed by atoms with van der Waals surface area (Å²) in [5, 5.41) is 21.9. The summed E-state index contributed by atoms with van der Waals surface area (Å²) in [6.07, 6.45) is 0. The molecule has 0 radical (unpaired) electrons. The third kappa shape index (κ3) is 3.02. The number of rotatable bonds is 4. The zero-order valence-electron chi connectivity index (χ0n) is 10.5. The van der Waals surface area contributed by atoms with Crippen LogP contribution in [0.4, 0.5) is 8.78 Å². The molecule has 1 aliphatic heterocycles. The Hall–Kier alpha value is -1.24. The normalized spacial score (nSPS) is 19.3. The molecule has 106 valence electrons. The highest BCUT2D eigenvalue weighted by Gasteiger charge is 2.45. The first-order valence-electron chi connectivity index (χ1n) is 6.27. The van der Waals surface area contributed by atoms with Crippen molar-refractivity contribution in [2.45, 2.75) is 12.0 Å². The summed E-state index contributed by atoms with van der Waals surface area (Å²) in [6, 6.07) is 4.76. The molecular weight excluding hydrogens is 254 g/mol. The van der Waals surface area contributed by atoms with Gasteiger partial charge in [-0.2, -0.15) is 0 Å². The van der Waals surface area contributed by atoms with Gasteiger partial charge in [-0.25, -0.2) is 8.78 Å². The molecule has 1 aromatic rings. The van der Waals surface area contributed by atoms with Gasteiger partial charge >= 0.3 is 0 Å². The Balaban J connectivity index is 2.36. The third-order valence-electron chi connectivity index (χ3n) is 3.36. The van der Waals surface area contributed by atoms with Crippen molar-refractivity contribution in [3.63, 3.8) is 0 Å². The number of phenolic OH excluding ortho intramolecular Hbond substituents is 1. The van der Waals surface area contributed by atoms with Gasteiger partial charge in [0, 0.05) is 31.7 Å². The topological polar surface area (TPSA) is 55.7 Å². The van der Waals surface area contributed by atoms with E-state index in [0.29, 0.717) is 26.2 Å². The molecule has 1 aromatic carbocycles. The highest BCUT2D eigenvalue weighted by molar-refractivity contribution is 5.36. The number of nitrogens with one attached hydrogen (secondary N) is 1. The van der Waals surface area contributed by atoms with Crippen LogP contribution in [0, 0.1) is 0 Å². The zero-order chi connectivity index (χ0) is 13.9. The van der Waals surface area contributed by atoms with Crippen LogP contribution in [-0.2, 0) is 0 Å². The Bertz CT molecular complexity index is 423. The van der Waals surface area contributed by atoms with Crippen LogP contribution in [0.3, 0.4) is 0 Å². The molecule has 2 rings (SSSR count). The van der Waals surface area contributed by atoms with Gasteiger partial charge in [-0.3, -0.25) is 4.90 Å². The number of para-hydroxylation sites is 1. The highest BCUT2D eigenvalue weighted by atomic mass is 19.3. The number of benzene rings is 1. The number of aliphatic hydroxyl groups is 1. The summed E-state index contributed by atoms with van der Waals surface area (Å²) >= 11 is 0. The molecule has 0 saturated carbocycles. The second-order valence-corrected chi connectivity index (χ2v) is 4.67. The van der Waals surface area contributed by atoms with Crippen LogP contribution in [0.25, 0.3) is 0 Å². The molecule has 19 heavy (non-hydrogen) atoms. The minimum atomic E-state index is -3.30. The Labute approximate surface area is 110 Å². The molecule has 1 heterocycles. The van der Waals surface area contributed by atoms with E-state index in [9.17, 15) is 13.9 Å². The molecule has 6 heteroatoms. The third-order valence-corrected chi connectivity index (χ3v) is 3.36. The SMILES string of the molecule is OCC(F)(F)[C@@H](c1ccccc1O)N1CCNCC1. The van der Waals surface area contributed by atoms with Gasteiger partial charge in [-0.15, -0.1) is 0 Å². The maximum absolute atomic E-state index is 14.0. The lowest BCUT2D eigenvalue weighted by Crippen LogP contribution is -2.51. The predicted molar refractivity (Wildman–Crippen MR) is 67.3 cm³/mol. The van der Waals surface area contributed by atoms with Crippen molar-refractivity contribution < 1.29 is 19.0 Å². The fraction of sp³-hybridized carbons (Fsp3) is 0.538. The van der Waals surface area contributed by atoms with Crippen molar-refractivity contribution in [1.82, 2.24) is 10.2 Å². The van der Waals surface area contributed by atoms with Gasteiger partial charge in [0.2, 0.25) is 0 Å². The largest absolute Gasteiger partial charge is 0.508 e. The molecule has 0 unspecified atom stereocenters. The van der Waals surface area contributed by atoms with Crippen LogP contribution in [0.5, 0.6) is 5.75 Å². The summed E-state index contributed by atoms with van der Waals surface area (Å²) in [5.74, 6) is -3.46. The van der Waals surface area contributed by atoms with Crippen LogP contribution in [0.1, 0.15) is 11.6 Å². The number of piperazine rings is 1. The first-order chi connectivity index (χ1) is 9.06. The highest BCUT2D eigenvalue weighted by Crippen LogP contribution is 2.39. The Morgan fingerprint density at radius 3 is 2.47 bits per heavy atom. The molecule has 1 saturated heterocycles. The smallest absolute Gasteiger partial charge is 0.290 e. The molecule has 0 aromatic heterocycles. The maximum Gasteiger partial charge on any atom is 0.290 e. The van der Waals surface area contributed by atoms with Gasteiger partial charge in [0.05, 0.1) is 0 Å². The van der Waals surface area contributed by atoms with E-state index < -0.39 is 18.6 Å². The minimum Gasteiger partial charge on any atom is -0.508 e. The summed E-state index contributed by atoms with van der Waals surface area (Å²) in [4.78, 5) is 1.60. The second-order valence-electron chi connectivity index (χ2n) is 4.67. The number of hydrogen-bond acceptors (Lipinski definition) is 4. The molecule has 0 bridgehead atoms. The van der Waals surface area contributed by atoms with Gasteiger partial charge in [0.15, 0.2) is 0 Å². The van der Waals surface area contributed by atoms with Crippen molar-refractivity contribution in [3.05, 3.63) is 29.8 Å². The van der Waals surface area contributed by atoms with E-state index in [1.807, 2.05) is 0 Å². The molecule has 1 aliphatic rings. The van der Waals surface area contributed by atoms with E-state index in [4.69, 9.17) is 5.11 Å². The van der Waals surface area contributed by atoms with Crippen LogP contribution in [0.15, 0.2) is 24.3 Å². The van der Waals surface area contributed by atoms with Crippen LogP contribution in [-0.4, -0.2) is 53.8 Å². The summed E-state index contributed by atoms with van der Waals surface area (Å²) in [6.45, 7) is 0.899. The standard InChI is InChI=1S/C13H18F2N2O2/c14-13(15,9-18)12(17-7-5-16-6-8-17)10-3-1-2-4-11(10)19/h1-4,12,16,18-19H,5-9H2/t12-/m1/s1. The Morgan fingerprint density at radius 2 is 1.89 bits per heavy atom. The van der Waals surface area contributed by atoms with Crippen molar-refractivity contribution in [1.29, 1.82) is 0 Å². The molecule has 4 nitrogen and oxygen atoms in total. The average molecular weight is 272 g/mol. The second kappa shape index (κ2) is 5.81. The first kappa shape index (κ1) is 14.2. The molecule has 3 N–H and O–H groups in total. The number of phenols is 1. The number of aliphatic hydroxyl groups excluding tert-OH is 1. The van der Waals surface area contributed by atoms with E-state index >= 15 is 0 Å².